The van der Waals surface area contributed by atoms with Gasteiger partial charge in [0.1, 0.15) is 6.10 Å². The molecule has 4 nitrogen and oxygen atoms in total. The Balaban J connectivity index is 1.47. The normalized spacial score (nSPS) is 14.8. The van der Waals surface area contributed by atoms with E-state index in [9.17, 15) is 4.79 Å². The van der Waals surface area contributed by atoms with Crippen molar-refractivity contribution in [2.45, 2.75) is 38.7 Å². The van der Waals surface area contributed by atoms with Gasteiger partial charge in [0.15, 0.2) is 11.5 Å². The minimum atomic E-state index is 0.0939. The molecule has 3 rings (SSSR count). The molecular weight excluding hydrogens is 397 g/mol. The van der Waals surface area contributed by atoms with Gasteiger partial charge in [0.2, 0.25) is 5.91 Å². The summed E-state index contributed by atoms with van der Waals surface area (Å²) in [7, 11) is 0. The third-order valence-corrected chi connectivity index (χ3v) is 5.45. The number of rotatable bonds is 7. The lowest BCUT2D eigenvalue weighted by Gasteiger charge is -2.32. The van der Waals surface area contributed by atoms with Gasteiger partial charge in [-0.05, 0) is 43.2 Å². The molecule has 0 bridgehead atoms. The van der Waals surface area contributed by atoms with Crippen molar-refractivity contribution < 1.29 is 14.3 Å². The van der Waals surface area contributed by atoms with Crippen LogP contribution in [0, 0.1) is 0 Å². The molecule has 0 N–H and O–H groups in total. The predicted molar refractivity (Wildman–Crippen MR) is 113 cm³/mol. The van der Waals surface area contributed by atoms with Crippen LogP contribution in [0.3, 0.4) is 0 Å². The smallest absolute Gasteiger partial charge is 0.222 e. The molecule has 0 aromatic heterocycles. The lowest BCUT2D eigenvalue weighted by molar-refractivity contribution is -0.132. The van der Waals surface area contributed by atoms with Crippen molar-refractivity contribution in [2.75, 3.05) is 19.7 Å². The van der Waals surface area contributed by atoms with Crippen molar-refractivity contribution >= 4 is 29.1 Å². The summed E-state index contributed by atoms with van der Waals surface area (Å²) < 4.78 is 11.8. The van der Waals surface area contributed by atoms with Crippen LogP contribution < -0.4 is 9.47 Å². The van der Waals surface area contributed by atoms with Gasteiger partial charge >= 0.3 is 0 Å². The summed E-state index contributed by atoms with van der Waals surface area (Å²) in [4.78, 5) is 14.5. The van der Waals surface area contributed by atoms with E-state index in [0.717, 1.165) is 29.9 Å². The Morgan fingerprint density at radius 2 is 1.82 bits per heavy atom. The number of benzene rings is 2. The third kappa shape index (κ3) is 5.55. The van der Waals surface area contributed by atoms with Gasteiger partial charge in [-0.25, -0.2) is 0 Å². The molecule has 150 valence electrons. The van der Waals surface area contributed by atoms with Crippen LogP contribution in [0.5, 0.6) is 11.5 Å². The standard InChI is InChI=1S/C22H25Cl2NO3/c1-2-27-20-5-3-4-6-21(20)28-18-11-13-25(14-12-18)22(26)10-8-16-7-9-17(23)15-19(16)24/h3-7,9,15,18H,2,8,10-14H2,1H3. The Bertz CT molecular complexity index is 804. The largest absolute Gasteiger partial charge is 0.490 e. The first-order valence-electron chi connectivity index (χ1n) is 9.67. The zero-order valence-electron chi connectivity index (χ0n) is 16.0. The molecule has 1 saturated heterocycles. The second-order valence-corrected chi connectivity index (χ2v) is 7.66. The minimum absolute atomic E-state index is 0.0939. The van der Waals surface area contributed by atoms with Crippen LogP contribution in [0.1, 0.15) is 31.7 Å². The Hall–Kier alpha value is -1.91. The summed E-state index contributed by atoms with van der Waals surface area (Å²) in [6.07, 6.45) is 2.78. The zero-order valence-corrected chi connectivity index (χ0v) is 17.5. The van der Waals surface area contributed by atoms with Crippen molar-refractivity contribution in [3.05, 3.63) is 58.1 Å². The molecule has 2 aromatic rings. The second-order valence-electron chi connectivity index (χ2n) is 6.81. The summed E-state index contributed by atoms with van der Waals surface area (Å²) in [5, 5.41) is 1.22. The second kappa shape index (κ2) is 10.0. The number of ether oxygens (including phenoxy) is 2. The Morgan fingerprint density at radius 1 is 1.11 bits per heavy atom. The number of hydrogen-bond acceptors (Lipinski definition) is 3. The van der Waals surface area contributed by atoms with Gasteiger partial charge in [0.25, 0.3) is 0 Å². The summed E-state index contributed by atoms with van der Waals surface area (Å²) in [6.45, 7) is 3.96. The maximum Gasteiger partial charge on any atom is 0.222 e. The molecule has 6 heteroatoms. The van der Waals surface area contributed by atoms with E-state index in [1.807, 2.05) is 42.2 Å². The molecular formula is C22H25Cl2NO3. The molecule has 1 amide bonds. The van der Waals surface area contributed by atoms with Crippen molar-refractivity contribution in [3.8, 4) is 11.5 Å². The molecule has 1 aliphatic rings. The monoisotopic (exact) mass is 421 g/mol. The van der Waals surface area contributed by atoms with Gasteiger partial charge in [0.05, 0.1) is 6.61 Å². The molecule has 0 radical (unpaired) electrons. The van der Waals surface area contributed by atoms with Gasteiger partial charge in [-0.1, -0.05) is 41.4 Å². The van der Waals surface area contributed by atoms with Crippen LogP contribution >= 0.6 is 23.2 Å². The number of aryl methyl sites for hydroxylation is 1. The summed E-state index contributed by atoms with van der Waals surface area (Å²) in [5.74, 6) is 1.69. The number of carbonyl (C=O) groups is 1. The van der Waals surface area contributed by atoms with Gasteiger partial charge < -0.3 is 14.4 Å². The highest BCUT2D eigenvalue weighted by molar-refractivity contribution is 6.35. The number of carbonyl (C=O) groups excluding carboxylic acids is 1. The lowest BCUT2D eigenvalue weighted by atomic mass is 10.1. The average molecular weight is 422 g/mol. The van der Waals surface area contributed by atoms with Crippen LogP contribution in [0.25, 0.3) is 0 Å². The topological polar surface area (TPSA) is 38.8 Å². The molecule has 0 atom stereocenters. The number of halogens is 2. The van der Waals surface area contributed by atoms with E-state index in [2.05, 4.69) is 0 Å². The number of hydrogen-bond donors (Lipinski definition) is 0. The lowest BCUT2D eigenvalue weighted by Crippen LogP contribution is -2.41. The van der Waals surface area contributed by atoms with Gasteiger partial charge in [-0.2, -0.15) is 0 Å². The molecule has 2 aromatic carbocycles. The van der Waals surface area contributed by atoms with Crippen molar-refractivity contribution in [3.63, 3.8) is 0 Å². The van der Waals surface area contributed by atoms with Crippen LogP contribution in [-0.4, -0.2) is 36.6 Å². The molecule has 0 aliphatic carbocycles. The van der Waals surface area contributed by atoms with Gasteiger partial charge in [0, 0.05) is 42.4 Å². The fourth-order valence-corrected chi connectivity index (χ4v) is 3.85. The predicted octanol–water partition coefficient (Wildman–Crippen LogP) is 5.39. The van der Waals surface area contributed by atoms with Crippen molar-refractivity contribution in [2.24, 2.45) is 0 Å². The van der Waals surface area contributed by atoms with E-state index in [1.165, 1.54) is 0 Å². The van der Waals surface area contributed by atoms with E-state index in [-0.39, 0.29) is 12.0 Å². The van der Waals surface area contributed by atoms with E-state index >= 15 is 0 Å². The molecule has 0 saturated carbocycles. The summed E-state index contributed by atoms with van der Waals surface area (Å²) >= 11 is 12.1. The molecule has 28 heavy (non-hydrogen) atoms. The molecule has 0 spiro atoms. The zero-order chi connectivity index (χ0) is 19.9. The first kappa shape index (κ1) is 20.8. The highest BCUT2D eigenvalue weighted by atomic mass is 35.5. The Labute approximate surface area is 176 Å². The maximum atomic E-state index is 12.5. The molecule has 1 fully saturated rings. The van der Waals surface area contributed by atoms with Crippen LogP contribution in [0.15, 0.2) is 42.5 Å². The first-order chi connectivity index (χ1) is 13.6. The number of piperidine rings is 1. The summed E-state index contributed by atoms with van der Waals surface area (Å²) in [5.41, 5.74) is 0.949. The molecule has 1 heterocycles. The minimum Gasteiger partial charge on any atom is -0.490 e. The number of amides is 1. The number of likely N-dealkylation sites (tertiary alicyclic amines) is 1. The van der Waals surface area contributed by atoms with Crippen LogP contribution in [0.2, 0.25) is 10.0 Å². The van der Waals surface area contributed by atoms with Crippen LogP contribution in [-0.2, 0) is 11.2 Å². The Morgan fingerprint density at radius 3 is 2.50 bits per heavy atom. The maximum absolute atomic E-state index is 12.5. The van der Waals surface area contributed by atoms with E-state index in [1.54, 1.807) is 12.1 Å². The fourth-order valence-electron chi connectivity index (χ4n) is 3.35. The SMILES string of the molecule is CCOc1ccccc1OC1CCN(C(=O)CCc2ccc(Cl)cc2Cl)CC1. The average Bonchev–Trinajstić information content (AvgIpc) is 2.69. The fraction of sp³-hybridized carbons (Fsp3) is 0.409. The van der Waals surface area contributed by atoms with Crippen molar-refractivity contribution in [1.82, 2.24) is 4.90 Å². The number of nitrogens with zero attached hydrogens (tertiary/aromatic N) is 1. The van der Waals surface area contributed by atoms with Crippen molar-refractivity contribution in [1.29, 1.82) is 0 Å². The molecule has 1 aliphatic heterocycles. The third-order valence-electron chi connectivity index (χ3n) is 4.86. The van der Waals surface area contributed by atoms with E-state index in [0.29, 0.717) is 42.6 Å². The van der Waals surface area contributed by atoms with Gasteiger partial charge in [-0.15, -0.1) is 0 Å². The van der Waals surface area contributed by atoms with Crippen LogP contribution in [0.4, 0.5) is 0 Å². The van der Waals surface area contributed by atoms with E-state index < -0.39 is 0 Å². The number of para-hydroxylation sites is 2. The quantitative estimate of drug-likeness (QED) is 0.600. The van der Waals surface area contributed by atoms with E-state index in [4.69, 9.17) is 32.7 Å². The Kier molecular flexibility index (Phi) is 7.46. The molecule has 0 unspecified atom stereocenters. The first-order valence-corrected chi connectivity index (χ1v) is 10.4. The highest BCUT2D eigenvalue weighted by Gasteiger charge is 2.24. The van der Waals surface area contributed by atoms with Gasteiger partial charge in [-0.3, -0.25) is 4.79 Å². The summed E-state index contributed by atoms with van der Waals surface area (Å²) in [6, 6.07) is 13.1. The highest BCUT2D eigenvalue weighted by Crippen LogP contribution is 2.29.